The summed E-state index contributed by atoms with van der Waals surface area (Å²) in [6.45, 7) is 3.02. The number of piperidine rings is 1. The molecule has 1 aliphatic rings. The molecule has 0 bridgehead atoms. The van der Waals surface area contributed by atoms with Gasteiger partial charge in [0.15, 0.2) is 5.78 Å². The number of nitrogens with zero attached hydrogens (tertiary/aromatic N) is 2. The lowest BCUT2D eigenvalue weighted by molar-refractivity contribution is 0.0724. The maximum atomic E-state index is 13.3. The number of benzene rings is 2. The van der Waals surface area contributed by atoms with E-state index in [1.807, 2.05) is 11.0 Å². The molecule has 3 aromatic rings. The van der Waals surface area contributed by atoms with Crippen LogP contribution in [0.4, 0.5) is 4.39 Å². The Morgan fingerprint density at radius 1 is 0.964 bits per heavy atom. The number of halogens is 1. The summed E-state index contributed by atoms with van der Waals surface area (Å²) in [6, 6.07) is 13.3. The highest BCUT2D eigenvalue weighted by molar-refractivity contribution is 6.04. The Morgan fingerprint density at radius 2 is 1.68 bits per heavy atom. The normalized spacial score (nSPS) is 14.3. The largest absolute Gasteiger partial charge is 0.339 e. The minimum Gasteiger partial charge on any atom is -0.339 e. The number of carbonyl (C=O) groups is 2. The average Bonchev–Trinajstić information content (AvgIpc) is 2.73. The van der Waals surface area contributed by atoms with Gasteiger partial charge < -0.3 is 4.90 Å². The van der Waals surface area contributed by atoms with E-state index in [9.17, 15) is 14.0 Å². The molecule has 1 fully saturated rings. The van der Waals surface area contributed by atoms with E-state index in [0.29, 0.717) is 16.8 Å². The van der Waals surface area contributed by atoms with Crippen LogP contribution in [0.25, 0.3) is 22.0 Å². The van der Waals surface area contributed by atoms with E-state index in [-0.39, 0.29) is 17.5 Å². The third-order valence-corrected chi connectivity index (χ3v) is 5.22. The SMILES string of the molecule is CC(=O)c1cc(-c2ccc(F)cc2)c2ccc(C(=O)N3CCCCC3)cc2n1. The van der Waals surface area contributed by atoms with E-state index >= 15 is 0 Å². The number of amides is 1. The molecule has 0 radical (unpaired) electrons. The molecule has 1 amide bonds. The molecular weight excluding hydrogens is 355 g/mol. The first-order valence-corrected chi connectivity index (χ1v) is 9.54. The predicted molar refractivity (Wildman–Crippen MR) is 107 cm³/mol. The van der Waals surface area contributed by atoms with Crippen molar-refractivity contribution in [2.24, 2.45) is 0 Å². The molecule has 1 aromatic heterocycles. The highest BCUT2D eigenvalue weighted by Gasteiger charge is 2.19. The van der Waals surface area contributed by atoms with Crippen molar-refractivity contribution in [3.8, 4) is 11.1 Å². The number of pyridine rings is 1. The molecular formula is C23H21FN2O2. The fourth-order valence-electron chi connectivity index (χ4n) is 3.69. The van der Waals surface area contributed by atoms with Gasteiger partial charge in [0.25, 0.3) is 5.91 Å². The topological polar surface area (TPSA) is 50.3 Å². The lowest BCUT2D eigenvalue weighted by atomic mass is 9.98. The Hall–Kier alpha value is -3.08. The molecule has 1 aliphatic heterocycles. The maximum absolute atomic E-state index is 13.3. The molecule has 0 atom stereocenters. The summed E-state index contributed by atoms with van der Waals surface area (Å²) in [5, 5.41) is 0.826. The van der Waals surface area contributed by atoms with Gasteiger partial charge >= 0.3 is 0 Å². The minimum absolute atomic E-state index is 0.0000368. The molecule has 4 nitrogen and oxygen atoms in total. The van der Waals surface area contributed by atoms with Crippen molar-refractivity contribution in [2.75, 3.05) is 13.1 Å². The van der Waals surface area contributed by atoms with Gasteiger partial charge in [-0.05, 0) is 60.7 Å². The molecule has 142 valence electrons. The second-order valence-corrected chi connectivity index (χ2v) is 7.20. The van der Waals surface area contributed by atoms with Crippen molar-refractivity contribution in [3.63, 3.8) is 0 Å². The van der Waals surface area contributed by atoms with E-state index in [1.165, 1.54) is 19.1 Å². The molecule has 0 N–H and O–H groups in total. The van der Waals surface area contributed by atoms with Gasteiger partial charge in [-0.15, -0.1) is 0 Å². The molecule has 0 saturated carbocycles. The number of rotatable bonds is 3. The van der Waals surface area contributed by atoms with Gasteiger partial charge in [-0.1, -0.05) is 18.2 Å². The van der Waals surface area contributed by atoms with E-state index in [4.69, 9.17) is 0 Å². The maximum Gasteiger partial charge on any atom is 0.253 e. The monoisotopic (exact) mass is 376 g/mol. The Morgan fingerprint density at radius 3 is 2.36 bits per heavy atom. The number of aromatic nitrogens is 1. The summed E-state index contributed by atoms with van der Waals surface area (Å²) in [4.78, 5) is 31.2. The zero-order valence-corrected chi connectivity index (χ0v) is 15.7. The van der Waals surface area contributed by atoms with Gasteiger partial charge in [-0.3, -0.25) is 9.59 Å². The van der Waals surface area contributed by atoms with Crippen LogP contribution in [0.1, 0.15) is 47.0 Å². The number of carbonyl (C=O) groups excluding carboxylic acids is 2. The Balaban J connectivity index is 1.82. The van der Waals surface area contributed by atoms with E-state index in [0.717, 1.165) is 48.9 Å². The summed E-state index contributed by atoms with van der Waals surface area (Å²) < 4.78 is 13.3. The quantitative estimate of drug-likeness (QED) is 0.613. The van der Waals surface area contributed by atoms with Crippen molar-refractivity contribution in [1.82, 2.24) is 9.88 Å². The lowest BCUT2D eigenvalue weighted by Gasteiger charge is -2.26. The van der Waals surface area contributed by atoms with Crippen LogP contribution in [-0.4, -0.2) is 34.7 Å². The van der Waals surface area contributed by atoms with Gasteiger partial charge in [0.1, 0.15) is 11.5 Å². The number of hydrogen-bond acceptors (Lipinski definition) is 3. The molecule has 0 spiro atoms. The van der Waals surface area contributed by atoms with Crippen molar-refractivity contribution < 1.29 is 14.0 Å². The predicted octanol–water partition coefficient (Wildman–Crippen LogP) is 4.87. The van der Waals surface area contributed by atoms with Gasteiger partial charge in [-0.25, -0.2) is 9.37 Å². The van der Waals surface area contributed by atoms with Crippen LogP contribution in [0.15, 0.2) is 48.5 Å². The molecule has 2 heterocycles. The second kappa shape index (κ2) is 7.50. The standard InChI is InChI=1S/C23H21FN2O2/c1-15(27)21-14-20(16-5-8-18(24)9-6-16)19-10-7-17(13-22(19)25-21)23(28)26-11-3-2-4-12-26/h5-10,13-14H,2-4,11-12H2,1H3. The molecule has 0 aliphatic carbocycles. The number of ketones is 1. The van der Waals surface area contributed by atoms with Gasteiger partial charge in [-0.2, -0.15) is 0 Å². The first-order chi connectivity index (χ1) is 13.5. The fourth-order valence-corrected chi connectivity index (χ4v) is 3.69. The van der Waals surface area contributed by atoms with Gasteiger partial charge in [0, 0.05) is 31.0 Å². The molecule has 5 heteroatoms. The van der Waals surface area contributed by atoms with Crippen LogP contribution >= 0.6 is 0 Å². The summed E-state index contributed by atoms with van der Waals surface area (Å²) in [7, 11) is 0. The highest BCUT2D eigenvalue weighted by Crippen LogP contribution is 2.30. The van der Waals surface area contributed by atoms with Crippen molar-refractivity contribution in [3.05, 3.63) is 65.6 Å². The van der Waals surface area contributed by atoms with E-state index in [2.05, 4.69) is 4.98 Å². The number of Topliss-reactive ketones (excluding diaryl/α,β-unsaturated/α-hetero) is 1. The van der Waals surface area contributed by atoms with Crippen LogP contribution in [0.5, 0.6) is 0 Å². The Bertz CT molecular complexity index is 1050. The van der Waals surface area contributed by atoms with Crippen LogP contribution in [0.2, 0.25) is 0 Å². The Kier molecular flexibility index (Phi) is 4.90. The smallest absolute Gasteiger partial charge is 0.253 e. The average molecular weight is 376 g/mol. The number of likely N-dealkylation sites (tertiary alicyclic amines) is 1. The van der Waals surface area contributed by atoms with Crippen LogP contribution in [0, 0.1) is 5.82 Å². The summed E-state index contributed by atoms with van der Waals surface area (Å²) >= 11 is 0. The molecule has 28 heavy (non-hydrogen) atoms. The first-order valence-electron chi connectivity index (χ1n) is 9.54. The van der Waals surface area contributed by atoms with E-state index in [1.54, 1.807) is 30.3 Å². The molecule has 1 saturated heterocycles. The zero-order valence-electron chi connectivity index (χ0n) is 15.7. The third-order valence-electron chi connectivity index (χ3n) is 5.22. The van der Waals surface area contributed by atoms with Gasteiger partial charge in [0.2, 0.25) is 0 Å². The van der Waals surface area contributed by atoms with Crippen LogP contribution < -0.4 is 0 Å². The van der Waals surface area contributed by atoms with Crippen molar-refractivity contribution in [2.45, 2.75) is 26.2 Å². The molecule has 4 rings (SSSR count). The first kappa shape index (κ1) is 18.3. The van der Waals surface area contributed by atoms with Gasteiger partial charge in [0.05, 0.1) is 5.52 Å². The van der Waals surface area contributed by atoms with Crippen LogP contribution in [0.3, 0.4) is 0 Å². The van der Waals surface area contributed by atoms with Crippen LogP contribution in [-0.2, 0) is 0 Å². The molecule has 2 aromatic carbocycles. The second-order valence-electron chi connectivity index (χ2n) is 7.20. The Labute approximate surface area is 163 Å². The summed E-state index contributed by atoms with van der Waals surface area (Å²) in [5.74, 6) is -0.471. The van der Waals surface area contributed by atoms with E-state index < -0.39 is 0 Å². The van der Waals surface area contributed by atoms with Crippen molar-refractivity contribution in [1.29, 1.82) is 0 Å². The summed E-state index contributed by atoms with van der Waals surface area (Å²) in [5.41, 5.74) is 3.09. The minimum atomic E-state index is -0.316. The van der Waals surface area contributed by atoms with Crippen molar-refractivity contribution >= 4 is 22.6 Å². The number of fused-ring (bicyclic) bond motifs is 1. The fraction of sp³-hybridized carbons (Fsp3) is 0.261. The summed E-state index contributed by atoms with van der Waals surface area (Å²) in [6.07, 6.45) is 3.22. The third kappa shape index (κ3) is 3.52. The highest BCUT2D eigenvalue weighted by atomic mass is 19.1. The number of hydrogen-bond donors (Lipinski definition) is 0. The zero-order chi connectivity index (χ0) is 19.7. The molecule has 0 unspecified atom stereocenters. The lowest BCUT2D eigenvalue weighted by Crippen LogP contribution is -2.35.